The van der Waals surface area contributed by atoms with Gasteiger partial charge in [-0.3, -0.25) is 4.79 Å². The van der Waals surface area contributed by atoms with Gasteiger partial charge < -0.3 is 11.1 Å². The molecule has 2 aromatic heterocycles. The summed E-state index contributed by atoms with van der Waals surface area (Å²) in [5.74, 6) is -0.141. The first-order chi connectivity index (χ1) is 7.77. The third kappa shape index (κ3) is 2.11. The third-order valence-corrected chi connectivity index (χ3v) is 1.90. The van der Waals surface area contributed by atoms with Crippen LogP contribution in [-0.4, -0.2) is 20.9 Å². The minimum atomic E-state index is -0.333. The summed E-state index contributed by atoms with van der Waals surface area (Å²) in [7, 11) is 0. The average molecular weight is 215 g/mol. The number of nitrogen functional groups attached to an aromatic ring is 1. The van der Waals surface area contributed by atoms with Crippen molar-refractivity contribution in [3.05, 3.63) is 42.6 Å². The SMILES string of the molecule is Nc1ncccc1C(=O)Nc1cncnc1. The van der Waals surface area contributed by atoms with Gasteiger partial charge in [-0.15, -0.1) is 0 Å². The maximum absolute atomic E-state index is 11.7. The van der Waals surface area contributed by atoms with Crippen LogP contribution in [0.1, 0.15) is 10.4 Å². The molecule has 0 fully saturated rings. The number of nitrogens with one attached hydrogen (secondary N) is 1. The fraction of sp³-hybridized carbons (Fsp3) is 0. The predicted molar refractivity (Wildman–Crippen MR) is 58.6 cm³/mol. The van der Waals surface area contributed by atoms with Gasteiger partial charge in [-0.2, -0.15) is 0 Å². The number of rotatable bonds is 2. The van der Waals surface area contributed by atoms with E-state index in [1.807, 2.05) is 0 Å². The Morgan fingerprint density at radius 3 is 2.75 bits per heavy atom. The number of hydrogen-bond acceptors (Lipinski definition) is 5. The van der Waals surface area contributed by atoms with Gasteiger partial charge in [0.25, 0.3) is 5.91 Å². The summed E-state index contributed by atoms with van der Waals surface area (Å²) in [6.07, 6.45) is 5.90. The molecule has 2 heterocycles. The summed E-state index contributed by atoms with van der Waals surface area (Å²) in [5.41, 5.74) is 6.41. The molecule has 0 radical (unpaired) electrons. The van der Waals surface area contributed by atoms with Crippen molar-refractivity contribution in [2.75, 3.05) is 11.1 Å². The van der Waals surface area contributed by atoms with E-state index in [-0.39, 0.29) is 11.7 Å². The lowest BCUT2D eigenvalue weighted by Crippen LogP contribution is -2.14. The van der Waals surface area contributed by atoms with Crippen LogP contribution < -0.4 is 11.1 Å². The summed E-state index contributed by atoms with van der Waals surface area (Å²) in [6.45, 7) is 0. The van der Waals surface area contributed by atoms with Crippen LogP contribution >= 0.6 is 0 Å². The minimum Gasteiger partial charge on any atom is -0.383 e. The molecular formula is C10H9N5O. The number of amides is 1. The molecule has 6 heteroatoms. The maximum atomic E-state index is 11.7. The van der Waals surface area contributed by atoms with Crippen LogP contribution in [0.2, 0.25) is 0 Å². The number of carbonyl (C=O) groups is 1. The molecule has 0 atom stereocenters. The Bertz CT molecular complexity index is 500. The van der Waals surface area contributed by atoms with Crippen LogP contribution in [0, 0.1) is 0 Å². The number of carbonyl (C=O) groups excluding carboxylic acids is 1. The van der Waals surface area contributed by atoms with Crippen molar-refractivity contribution in [1.82, 2.24) is 15.0 Å². The van der Waals surface area contributed by atoms with E-state index < -0.39 is 0 Å². The summed E-state index contributed by atoms with van der Waals surface area (Å²) in [5, 5.41) is 2.62. The first-order valence-electron chi connectivity index (χ1n) is 4.54. The van der Waals surface area contributed by atoms with Crippen molar-refractivity contribution < 1.29 is 4.79 Å². The van der Waals surface area contributed by atoms with Crippen molar-refractivity contribution in [3.63, 3.8) is 0 Å². The van der Waals surface area contributed by atoms with E-state index in [9.17, 15) is 4.79 Å². The van der Waals surface area contributed by atoms with E-state index in [1.54, 1.807) is 12.1 Å². The summed E-state index contributed by atoms with van der Waals surface area (Å²) < 4.78 is 0. The zero-order chi connectivity index (χ0) is 11.4. The highest BCUT2D eigenvalue weighted by Crippen LogP contribution is 2.10. The molecule has 0 spiro atoms. The predicted octanol–water partition coefficient (Wildman–Crippen LogP) is 0.706. The average Bonchev–Trinajstić information content (AvgIpc) is 2.31. The van der Waals surface area contributed by atoms with E-state index in [0.717, 1.165) is 0 Å². The van der Waals surface area contributed by atoms with Gasteiger partial charge in [0.15, 0.2) is 0 Å². The number of pyridine rings is 1. The molecule has 0 unspecified atom stereocenters. The molecule has 0 bridgehead atoms. The van der Waals surface area contributed by atoms with Crippen molar-refractivity contribution in [2.24, 2.45) is 0 Å². The second-order valence-corrected chi connectivity index (χ2v) is 3.02. The van der Waals surface area contributed by atoms with E-state index in [4.69, 9.17) is 5.73 Å². The van der Waals surface area contributed by atoms with Gasteiger partial charge in [0.1, 0.15) is 12.1 Å². The third-order valence-electron chi connectivity index (χ3n) is 1.90. The first kappa shape index (κ1) is 10.0. The molecule has 0 aliphatic carbocycles. The van der Waals surface area contributed by atoms with Crippen LogP contribution in [0.15, 0.2) is 37.1 Å². The van der Waals surface area contributed by atoms with E-state index in [0.29, 0.717) is 11.3 Å². The molecule has 0 saturated heterocycles. The second kappa shape index (κ2) is 4.35. The molecule has 0 aromatic carbocycles. The summed E-state index contributed by atoms with van der Waals surface area (Å²) >= 11 is 0. The highest BCUT2D eigenvalue weighted by atomic mass is 16.1. The van der Waals surface area contributed by atoms with E-state index in [1.165, 1.54) is 24.9 Å². The molecule has 6 nitrogen and oxygen atoms in total. The Labute approximate surface area is 91.6 Å². The highest BCUT2D eigenvalue weighted by Gasteiger charge is 2.09. The van der Waals surface area contributed by atoms with Crippen molar-refractivity contribution in [2.45, 2.75) is 0 Å². The van der Waals surface area contributed by atoms with Gasteiger partial charge in [0.2, 0.25) is 0 Å². The normalized spacial score (nSPS) is 9.75. The zero-order valence-corrected chi connectivity index (χ0v) is 8.29. The number of anilines is 2. The standard InChI is InChI=1S/C10H9N5O/c11-9-8(2-1-3-14-9)10(16)15-7-4-12-6-13-5-7/h1-6H,(H2,11,14)(H,15,16). The topological polar surface area (TPSA) is 93.8 Å². The molecular weight excluding hydrogens is 206 g/mol. The summed E-state index contributed by atoms with van der Waals surface area (Å²) in [6, 6.07) is 3.24. The minimum absolute atomic E-state index is 0.192. The maximum Gasteiger partial charge on any atom is 0.259 e. The molecule has 3 N–H and O–H groups in total. The number of aromatic nitrogens is 3. The quantitative estimate of drug-likeness (QED) is 0.769. The molecule has 0 aliphatic heterocycles. The molecule has 2 rings (SSSR count). The van der Waals surface area contributed by atoms with E-state index >= 15 is 0 Å². The van der Waals surface area contributed by atoms with Crippen LogP contribution in [0.25, 0.3) is 0 Å². The Morgan fingerprint density at radius 2 is 2.06 bits per heavy atom. The number of nitrogens with zero attached hydrogens (tertiary/aromatic N) is 3. The number of nitrogens with two attached hydrogens (primary N) is 1. The Balaban J connectivity index is 2.19. The molecule has 1 amide bonds. The van der Waals surface area contributed by atoms with Gasteiger partial charge in [0.05, 0.1) is 23.6 Å². The Hall–Kier alpha value is -2.50. The lowest BCUT2D eigenvalue weighted by atomic mass is 10.2. The van der Waals surface area contributed by atoms with Gasteiger partial charge >= 0.3 is 0 Å². The van der Waals surface area contributed by atoms with Crippen molar-refractivity contribution in [1.29, 1.82) is 0 Å². The van der Waals surface area contributed by atoms with Crippen LogP contribution in [0.5, 0.6) is 0 Å². The largest absolute Gasteiger partial charge is 0.383 e. The van der Waals surface area contributed by atoms with Crippen LogP contribution in [-0.2, 0) is 0 Å². The second-order valence-electron chi connectivity index (χ2n) is 3.02. The van der Waals surface area contributed by atoms with E-state index in [2.05, 4.69) is 20.3 Å². The molecule has 80 valence electrons. The lowest BCUT2D eigenvalue weighted by Gasteiger charge is -2.05. The van der Waals surface area contributed by atoms with Crippen molar-refractivity contribution >= 4 is 17.4 Å². The Morgan fingerprint density at radius 1 is 1.31 bits per heavy atom. The molecule has 0 aliphatic rings. The monoisotopic (exact) mass is 215 g/mol. The highest BCUT2D eigenvalue weighted by molar-refractivity contribution is 6.06. The first-order valence-corrected chi connectivity index (χ1v) is 4.54. The van der Waals surface area contributed by atoms with Gasteiger partial charge in [-0.25, -0.2) is 15.0 Å². The van der Waals surface area contributed by atoms with Crippen LogP contribution in [0.3, 0.4) is 0 Å². The Kier molecular flexibility index (Phi) is 2.73. The smallest absolute Gasteiger partial charge is 0.259 e. The molecule has 2 aromatic rings. The van der Waals surface area contributed by atoms with Crippen LogP contribution in [0.4, 0.5) is 11.5 Å². The molecule has 0 saturated carbocycles. The zero-order valence-electron chi connectivity index (χ0n) is 8.29. The summed E-state index contributed by atoms with van der Waals surface area (Å²) in [4.78, 5) is 23.1. The number of hydrogen-bond donors (Lipinski definition) is 2. The fourth-order valence-corrected chi connectivity index (χ4v) is 1.17. The fourth-order valence-electron chi connectivity index (χ4n) is 1.17. The van der Waals surface area contributed by atoms with Gasteiger partial charge in [0, 0.05) is 6.20 Å². The van der Waals surface area contributed by atoms with Gasteiger partial charge in [-0.1, -0.05) is 0 Å². The van der Waals surface area contributed by atoms with Crippen molar-refractivity contribution in [3.8, 4) is 0 Å². The lowest BCUT2D eigenvalue weighted by molar-refractivity contribution is 0.102. The molecule has 16 heavy (non-hydrogen) atoms. The van der Waals surface area contributed by atoms with Gasteiger partial charge in [-0.05, 0) is 12.1 Å².